The van der Waals surface area contributed by atoms with Crippen molar-refractivity contribution >= 4 is 15.9 Å². The van der Waals surface area contributed by atoms with Crippen molar-refractivity contribution in [3.8, 4) is 5.75 Å². The summed E-state index contributed by atoms with van der Waals surface area (Å²) in [6, 6.07) is -0.0180. The lowest BCUT2D eigenvalue weighted by atomic mass is 9.95. The standard InChI is InChI=1S/C12H18BrNO/c1-6-7(2)12(15-5)10(9(4)14)8(3)11(6)13/h9H,14H2,1-5H3. The predicted octanol–water partition coefficient (Wildman–Crippen LogP) is 3.40. The molecule has 1 unspecified atom stereocenters. The quantitative estimate of drug-likeness (QED) is 0.895. The summed E-state index contributed by atoms with van der Waals surface area (Å²) in [5, 5.41) is 0. The van der Waals surface area contributed by atoms with E-state index in [0.29, 0.717) is 0 Å². The number of nitrogens with two attached hydrogens (primary N) is 1. The fraction of sp³-hybridized carbons (Fsp3) is 0.500. The first-order valence-electron chi connectivity index (χ1n) is 5.00. The van der Waals surface area contributed by atoms with Crippen LogP contribution in [0.4, 0.5) is 0 Å². The molecule has 0 amide bonds. The molecule has 0 saturated heterocycles. The molecule has 3 heteroatoms. The third-order valence-corrected chi connectivity index (χ3v) is 4.06. The van der Waals surface area contributed by atoms with Crippen LogP contribution in [0.25, 0.3) is 0 Å². The molecule has 1 atom stereocenters. The van der Waals surface area contributed by atoms with Gasteiger partial charge in [-0.15, -0.1) is 0 Å². The van der Waals surface area contributed by atoms with Crippen molar-refractivity contribution in [1.29, 1.82) is 0 Å². The highest BCUT2D eigenvalue weighted by atomic mass is 79.9. The van der Waals surface area contributed by atoms with Crippen LogP contribution in [0.5, 0.6) is 5.75 Å². The van der Waals surface area contributed by atoms with Crippen LogP contribution in [-0.4, -0.2) is 7.11 Å². The monoisotopic (exact) mass is 271 g/mol. The second kappa shape index (κ2) is 4.54. The van der Waals surface area contributed by atoms with E-state index in [0.717, 1.165) is 21.3 Å². The van der Waals surface area contributed by atoms with Crippen molar-refractivity contribution < 1.29 is 4.74 Å². The highest BCUT2D eigenvalue weighted by Crippen LogP contribution is 2.38. The van der Waals surface area contributed by atoms with Crippen LogP contribution in [0.2, 0.25) is 0 Å². The smallest absolute Gasteiger partial charge is 0.127 e. The van der Waals surface area contributed by atoms with E-state index in [1.54, 1.807) is 7.11 Å². The summed E-state index contributed by atoms with van der Waals surface area (Å²) in [4.78, 5) is 0. The predicted molar refractivity (Wildman–Crippen MR) is 67.5 cm³/mol. The Morgan fingerprint density at radius 3 is 2.07 bits per heavy atom. The molecular weight excluding hydrogens is 254 g/mol. The largest absolute Gasteiger partial charge is 0.496 e. The fourth-order valence-electron chi connectivity index (χ4n) is 1.92. The van der Waals surface area contributed by atoms with Crippen LogP contribution in [0.3, 0.4) is 0 Å². The fourth-order valence-corrected chi connectivity index (χ4v) is 2.43. The summed E-state index contributed by atoms with van der Waals surface area (Å²) in [5.74, 6) is 0.920. The lowest BCUT2D eigenvalue weighted by molar-refractivity contribution is 0.402. The van der Waals surface area contributed by atoms with Crippen molar-refractivity contribution in [2.24, 2.45) is 5.73 Å². The summed E-state index contributed by atoms with van der Waals surface area (Å²) in [6.07, 6.45) is 0. The van der Waals surface area contributed by atoms with Crippen molar-refractivity contribution in [2.45, 2.75) is 33.7 Å². The van der Waals surface area contributed by atoms with E-state index in [1.807, 2.05) is 6.92 Å². The maximum absolute atomic E-state index is 5.98. The number of hydrogen-bond acceptors (Lipinski definition) is 2. The molecule has 15 heavy (non-hydrogen) atoms. The van der Waals surface area contributed by atoms with E-state index < -0.39 is 0 Å². The van der Waals surface area contributed by atoms with E-state index in [-0.39, 0.29) is 6.04 Å². The molecule has 0 fully saturated rings. The van der Waals surface area contributed by atoms with Gasteiger partial charge in [0.1, 0.15) is 5.75 Å². The lowest BCUT2D eigenvalue weighted by Gasteiger charge is -2.20. The summed E-state index contributed by atoms with van der Waals surface area (Å²) in [5.41, 5.74) is 10.6. The molecule has 0 heterocycles. The minimum absolute atomic E-state index is 0.0180. The summed E-state index contributed by atoms with van der Waals surface area (Å²) < 4.78 is 6.59. The van der Waals surface area contributed by atoms with Gasteiger partial charge in [0.25, 0.3) is 0 Å². The number of hydrogen-bond donors (Lipinski definition) is 1. The van der Waals surface area contributed by atoms with Crippen LogP contribution in [0, 0.1) is 20.8 Å². The maximum Gasteiger partial charge on any atom is 0.127 e. The third-order valence-electron chi connectivity index (χ3n) is 2.87. The van der Waals surface area contributed by atoms with Gasteiger partial charge in [-0.05, 0) is 44.4 Å². The van der Waals surface area contributed by atoms with E-state index in [2.05, 4.69) is 36.7 Å². The zero-order chi connectivity index (χ0) is 11.7. The number of benzene rings is 1. The molecule has 1 rings (SSSR count). The Morgan fingerprint density at radius 1 is 1.13 bits per heavy atom. The van der Waals surface area contributed by atoms with Gasteiger partial charge in [0.05, 0.1) is 7.11 Å². The molecule has 0 aliphatic rings. The van der Waals surface area contributed by atoms with Gasteiger partial charge in [0.2, 0.25) is 0 Å². The Labute approximate surface area is 99.9 Å². The highest BCUT2D eigenvalue weighted by Gasteiger charge is 2.18. The second-order valence-electron chi connectivity index (χ2n) is 3.92. The van der Waals surface area contributed by atoms with Gasteiger partial charge in [-0.2, -0.15) is 0 Å². The van der Waals surface area contributed by atoms with E-state index in [4.69, 9.17) is 10.5 Å². The van der Waals surface area contributed by atoms with Gasteiger partial charge in [-0.25, -0.2) is 0 Å². The molecule has 0 radical (unpaired) electrons. The minimum Gasteiger partial charge on any atom is -0.496 e. The molecule has 2 nitrogen and oxygen atoms in total. The zero-order valence-corrected chi connectivity index (χ0v) is 11.5. The summed E-state index contributed by atoms with van der Waals surface area (Å²) in [7, 11) is 1.70. The van der Waals surface area contributed by atoms with E-state index >= 15 is 0 Å². The molecular formula is C12H18BrNO. The van der Waals surface area contributed by atoms with Crippen molar-refractivity contribution in [1.82, 2.24) is 0 Å². The van der Waals surface area contributed by atoms with Gasteiger partial charge in [0, 0.05) is 16.1 Å². The molecule has 2 N–H and O–H groups in total. The van der Waals surface area contributed by atoms with Gasteiger partial charge in [0.15, 0.2) is 0 Å². The molecule has 0 aromatic heterocycles. The van der Waals surface area contributed by atoms with Gasteiger partial charge in [-0.3, -0.25) is 0 Å². The third kappa shape index (κ3) is 2.04. The van der Waals surface area contributed by atoms with Gasteiger partial charge >= 0.3 is 0 Å². The molecule has 0 spiro atoms. The average molecular weight is 272 g/mol. The number of ether oxygens (including phenoxy) is 1. The van der Waals surface area contributed by atoms with Crippen LogP contribution in [0.15, 0.2) is 4.47 Å². The van der Waals surface area contributed by atoms with Crippen LogP contribution < -0.4 is 10.5 Å². The van der Waals surface area contributed by atoms with E-state index in [1.165, 1.54) is 11.1 Å². The maximum atomic E-state index is 5.98. The van der Waals surface area contributed by atoms with Crippen molar-refractivity contribution in [2.75, 3.05) is 7.11 Å². The van der Waals surface area contributed by atoms with Gasteiger partial charge in [-0.1, -0.05) is 15.9 Å². The first-order valence-corrected chi connectivity index (χ1v) is 5.79. The highest BCUT2D eigenvalue weighted by molar-refractivity contribution is 9.10. The van der Waals surface area contributed by atoms with E-state index in [9.17, 15) is 0 Å². The average Bonchev–Trinajstić information content (AvgIpc) is 2.19. The van der Waals surface area contributed by atoms with Crippen molar-refractivity contribution in [3.05, 3.63) is 26.7 Å². The molecule has 1 aromatic rings. The lowest BCUT2D eigenvalue weighted by Crippen LogP contribution is -2.11. The topological polar surface area (TPSA) is 35.2 Å². The molecule has 0 aliphatic heterocycles. The first-order chi connectivity index (χ1) is 6.91. The Hall–Kier alpha value is -0.540. The van der Waals surface area contributed by atoms with Crippen LogP contribution in [0.1, 0.15) is 35.2 Å². The Bertz CT molecular complexity index is 386. The normalized spacial score (nSPS) is 12.7. The van der Waals surface area contributed by atoms with Crippen LogP contribution in [-0.2, 0) is 0 Å². The molecule has 0 bridgehead atoms. The molecule has 0 saturated carbocycles. The Kier molecular flexibility index (Phi) is 3.79. The minimum atomic E-state index is -0.0180. The van der Waals surface area contributed by atoms with Crippen LogP contribution >= 0.6 is 15.9 Å². The van der Waals surface area contributed by atoms with Gasteiger partial charge < -0.3 is 10.5 Å². The Balaban J connectivity index is 3.62. The number of rotatable bonds is 2. The molecule has 0 aliphatic carbocycles. The summed E-state index contributed by atoms with van der Waals surface area (Å²) >= 11 is 3.60. The molecule has 84 valence electrons. The summed E-state index contributed by atoms with van der Waals surface area (Å²) in [6.45, 7) is 8.19. The molecule has 1 aromatic carbocycles. The number of methoxy groups -OCH3 is 1. The van der Waals surface area contributed by atoms with Crippen molar-refractivity contribution in [3.63, 3.8) is 0 Å². The number of halogens is 1. The first kappa shape index (κ1) is 12.5. The Morgan fingerprint density at radius 2 is 1.67 bits per heavy atom. The SMILES string of the molecule is COc1c(C)c(C)c(Br)c(C)c1C(C)N. The second-order valence-corrected chi connectivity index (χ2v) is 4.72. The zero-order valence-electron chi connectivity index (χ0n) is 9.94.